The van der Waals surface area contributed by atoms with Crippen molar-refractivity contribution in [3.05, 3.63) is 100 Å². The lowest BCUT2D eigenvalue weighted by Gasteiger charge is -2.25. The zero-order chi connectivity index (χ0) is 22.3. The molecule has 1 fully saturated rings. The number of ketones is 1. The fraction of sp³-hybridized carbons (Fsp3) is 0.0435. The summed E-state index contributed by atoms with van der Waals surface area (Å²) in [6, 6.07) is 13.3. The van der Waals surface area contributed by atoms with Crippen molar-refractivity contribution >= 4 is 34.7 Å². The van der Waals surface area contributed by atoms with Crippen LogP contribution in [0.4, 0.5) is 14.5 Å². The van der Waals surface area contributed by atoms with Crippen LogP contribution in [-0.4, -0.2) is 21.9 Å². The van der Waals surface area contributed by atoms with E-state index in [-0.39, 0.29) is 22.6 Å². The number of rotatable bonds is 3. The zero-order valence-corrected chi connectivity index (χ0v) is 16.5. The van der Waals surface area contributed by atoms with Gasteiger partial charge in [-0.2, -0.15) is 0 Å². The van der Waals surface area contributed by atoms with Gasteiger partial charge in [-0.3, -0.25) is 14.5 Å². The lowest BCUT2D eigenvalue weighted by Crippen LogP contribution is -2.29. The Morgan fingerprint density at radius 2 is 1.55 bits per heavy atom. The van der Waals surface area contributed by atoms with Gasteiger partial charge < -0.3 is 10.2 Å². The second kappa shape index (κ2) is 7.85. The number of hydrogen-bond donors (Lipinski definition) is 2. The second-order valence-corrected chi connectivity index (χ2v) is 7.30. The highest BCUT2D eigenvalue weighted by molar-refractivity contribution is 6.51. The van der Waals surface area contributed by atoms with Crippen LogP contribution >= 0.6 is 11.6 Å². The Bertz CT molecular complexity index is 1220. The van der Waals surface area contributed by atoms with Crippen molar-refractivity contribution < 1.29 is 28.6 Å². The van der Waals surface area contributed by atoms with Gasteiger partial charge in [0, 0.05) is 22.3 Å². The Labute approximate surface area is 180 Å². The Morgan fingerprint density at radius 1 is 0.903 bits per heavy atom. The number of hydrogen-bond acceptors (Lipinski definition) is 4. The number of anilines is 1. The molecule has 0 radical (unpaired) electrons. The number of amides is 1. The summed E-state index contributed by atoms with van der Waals surface area (Å²) in [5.74, 6) is -4.80. The molecule has 3 aromatic rings. The van der Waals surface area contributed by atoms with Gasteiger partial charge in [0.05, 0.1) is 11.6 Å². The van der Waals surface area contributed by atoms with Crippen LogP contribution < -0.4 is 4.90 Å². The minimum Gasteiger partial charge on any atom is -0.508 e. The SMILES string of the molecule is O=C1C(=O)N(c2ccc(F)c(F)c2)C(c2ccc(O)cc2)/C1=C(\O)c1ccc(Cl)cc1. The number of phenols is 1. The van der Waals surface area contributed by atoms with Gasteiger partial charge >= 0.3 is 0 Å². The third-order valence-corrected chi connectivity index (χ3v) is 5.20. The first-order valence-corrected chi connectivity index (χ1v) is 9.46. The number of carbonyl (C=O) groups is 2. The molecule has 3 aromatic carbocycles. The lowest BCUT2D eigenvalue weighted by atomic mass is 9.95. The average Bonchev–Trinajstić information content (AvgIpc) is 3.01. The number of Topliss-reactive ketones (excluding diaryl/α,β-unsaturated/α-hetero) is 1. The highest BCUT2D eigenvalue weighted by Crippen LogP contribution is 2.42. The molecule has 1 unspecified atom stereocenters. The van der Waals surface area contributed by atoms with Crippen molar-refractivity contribution in [1.82, 2.24) is 0 Å². The summed E-state index contributed by atoms with van der Waals surface area (Å²) in [6.45, 7) is 0. The molecule has 1 aliphatic heterocycles. The molecule has 1 atom stereocenters. The lowest BCUT2D eigenvalue weighted by molar-refractivity contribution is -0.132. The predicted octanol–water partition coefficient (Wildman–Crippen LogP) is 4.95. The summed E-state index contributed by atoms with van der Waals surface area (Å²) < 4.78 is 27.3. The summed E-state index contributed by atoms with van der Waals surface area (Å²) in [4.78, 5) is 26.8. The van der Waals surface area contributed by atoms with Gasteiger partial charge in [0.25, 0.3) is 11.7 Å². The van der Waals surface area contributed by atoms with Crippen LogP contribution in [0.25, 0.3) is 5.76 Å². The molecule has 1 saturated heterocycles. The molecule has 2 N–H and O–H groups in total. The standard InChI is InChI=1S/C23H14ClF2NO4/c24-14-5-1-13(2-6-14)21(29)19-20(12-3-8-16(28)9-4-12)27(23(31)22(19)30)15-7-10-17(25)18(26)11-15/h1-11,20,28-29H/b21-19+. The Kier molecular flexibility index (Phi) is 5.20. The predicted molar refractivity (Wildman–Crippen MR) is 111 cm³/mol. The van der Waals surface area contributed by atoms with Gasteiger partial charge in [0.15, 0.2) is 11.6 Å². The summed E-state index contributed by atoms with van der Waals surface area (Å²) in [7, 11) is 0. The van der Waals surface area contributed by atoms with Crippen LogP contribution in [0.15, 0.2) is 72.3 Å². The van der Waals surface area contributed by atoms with E-state index in [1.54, 1.807) is 0 Å². The normalized spacial score (nSPS) is 17.9. The molecular formula is C23H14ClF2NO4. The third kappa shape index (κ3) is 3.64. The van der Waals surface area contributed by atoms with Gasteiger partial charge in [-0.1, -0.05) is 23.7 Å². The molecule has 0 spiro atoms. The van der Waals surface area contributed by atoms with Crippen molar-refractivity contribution in [1.29, 1.82) is 0 Å². The fourth-order valence-corrected chi connectivity index (χ4v) is 3.59. The molecule has 31 heavy (non-hydrogen) atoms. The van der Waals surface area contributed by atoms with E-state index in [4.69, 9.17) is 11.6 Å². The van der Waals surface area contributed by atoms with Crippen molar-refractivity contribution in [2.45, 2.75) is 6.04 Å². The first-order valence-electron chi connectivity index (χ1n) is 9.09. The average molecular weight is 442 g/mol. The maximum atomic E-state index is 13.9. The second-order valence-electron chi connectivity index (χ2n) is 6.87. The van der Waals surface area contributed by atoms with Crippen LogP contribution in [0.2, 0.25) is 5.02 Å². The number of benzene rings is 3. The smallest absolute Gasteiger partial charge is 0.300 e. The molecule has 8 heteroatoms. The quantitative estimate of drug-likeness (QED) is 0.342. The van der Waals surface area contributed by atoms with Crippen molar-refractivity contribution in [3.63, 3.8) is 0 Å². The summed E-state index contributed by atoms with van der Waals surface area (Å²) in [5, 5.41) is 20.9. The number of aliphatic hydroxyl groups excluding tert-OH is 1. The molecule has 0 aromatic heterocycles. The van der Waals surface area contributed by atoms with E-state index < -0.39 is 35.1 Å². The first-order chi connectivity index (χ1) is 14.8. The van der Waals surface area contributed by atoms with Crippen molar-refractivity contribution in [2.24, 2.45) is 0 Å². The fourth-order valence-electron chi connectivity index (χ4n) is 3.47. The molecule has 1 amide bonds. The summed E-state index contributed by atoms with van der Waals surface area (Å²) in [5.41, 5.74) is 0.325. The van der Waals surface area contributed by atoms with Crippen molar-refractivity contribution in [2.75, 3.05) is 4.90 Å². The van der Waals surface area contributed by atoms with Crippen LogP contribution in [0, 0.1) is 11.6 Å². The minimum atomic E-state index is -1.19. The number of nitrogens with zero attached hydrogens (tertiary/aromatic N) is 1. The van der Waals surface area contributed by atoms with Crippen molar-refractivity contribution in [3.8, 4) is 5.75 Å². The number of halogens is 3. The van der Waals surface area contributed by atoms with Crippen LogP contribution in [0.1, 0.15) is 17.2 Å². The number of carbonyl (C=O) groups excluding carboxylic acids is 2. The Morgan fingerprint density at radius 3 is 2.16 bits per heavy atom. The molecule has 4 rings (SSSR count). The van der Waals surface area contributed by atoms with E-state index in [0.29, 0.717) is 10.6 Å². The highest BCUT2D eigenvalue weighted by atomic mass is 35.5. The van der Waals surface area contributed by atoms with E-state index in [2.05, 4.69) is 0 Å². The molecule has 0 aliphatic carbocycles. The van der Waals surface area contributed by atoms with Gasteiger partial charge in [-0.15, -0.1) is 0 Å². The number of phenolic OH excluding ortho intramolecular Hbond substituents is 1. The van der Waals surface area contributed by atoms with Gasteiger partial charge in [0.2, 0.25) is 0 Å². The monoisotopic (exact) mass is 441 g/mol. The van der Waals surface area contributed by atoms with E-state index in [1.165, 1.54) is 54.6 Å². The molecular weight excluding hydrogens is 428 g/mol. The molecule has 156 valence electrons. The van der Waals surface area contributed by atoms with E-state index in [1.807, 2.05) is 0 Å². The third-order valence-electron chi connectivity index (χ3n) is 4.95. The van der Waals surface area contributed by atoms with E-state index in [0.717, 1.165) is 17.0 Å². The van der Waals surface area contributed by atoms with Gasteiger partial charge in [0.1, 0.15) is 11.5 Å². The first kappa shape index (κ1) is 20.6. The van der Waals surface area contributed by atoms with Gasteiger partial charge in [-0.05, 0) is 54.1 Å². The molecule has 0 saturated carbocycles. The van der Waals surface area contributed by atoms with Crippen LogP contribution in [0.5, 0.6) is 5.75 Å². The Balaban J connectivity index is 1.95. The Hall–Kier alpha value is -3.71. The van der Waals surface area contributed by atoms with E-state index in [9.17, 15) is 28.6 Å². The summed E-state index contributed by atoms with van der Waals surface area (Å²) >= 11 is 5.88. The summed E-state index contributed by atoms with van der Waals surface area (Å²) in [6.07, 6.45) is 0. The number of aliphatic hydroxyl groups is 1. The molecule has 1 aliphatic rings. The topological polar surface area (TPSA) is 77.8 Å². The molecule has 5 nitrogen and oxygen atoms in total. The number of aromatic hydroxyl groups is 1. The maximum absolute atomic E-state index is 13.9. The minimum absolute atomic E-state index is 0.0498. The largest absolute Gasteiger partial charge is 0.508 e. The van der Waals surface area contributed by atoms with Gasteiger partial charge in [-0.25, -0.2) is 8.78 Å². The van der Waals surface area contributed by atoms with E-state index >= 15 is 0 Å². The van der Waals surface area contributed by atoms with Crippen LogP contribution in [-0.2, 0) is 9.59 Å². The zero-order valence-electron chi connectivity index (χ0n) is 15.7. The molecule has 0 bridgehead atoms. The van der Waals surface area contributed by atoms with Crippen LogP contribution in [0.3, 0.4) is 0 Å². The highest BCUT2D eigenvalue weighted by Gasteiger charge is 2.47. The maximum Gasteiger partial charge on any atom is 0.300 e. The molecule has 1 heterocycles.